The van der Waals surface area contributed by atoms with Crippen LogP contribution in [0, 0.1) is 11.8 Å². The maximum atomic E-state index is 12.7. The largest absolute Gasteiger partial charge is 0.352 e. The highest BCUT2D eigenvalue weighted by Crippen LogP contribution is 2.27. The van der Waals surface area contributed by atoms with Crippen LogP contribution in [-0.2, 0) is 4.79 Å². The predicted molar refractivity (Wildman–Crippen MR) is 103 cm³/mol. The minimum absolute atomic E-state index is 0.00698. The minimum Gasteiger partial charge on any atom is -0.352 e. The molecule has 1 aromatic carbocycles. The summed E-state index contributed by atoms with van der Waals surface area (Å²) in [5.41, 5.74) is 6.66. The van der Waals surface area contributed by atoms with Crippen LogP contribution in [0.1, 0.15) is 55.3 Å². The molecule has 5 nitrogen and oxygen atoms in total. The van der Waals surface area contributed by atoms with Crippen molar-refractivity contribution in [2.24, 2.45) is 17.6 Å². The van der Waals surface area contributed by atoms with E-state index in [2.05, 4.69) is 5.32 Å². The predicted octanol–water partition coefficient (Wildman–Crippen LogP) is 2.56. The fourth-order valence-electron chi connectivity index (χ4n) is 4.31. The topological polar surface area (TPSA) is 75.4 Å². The second-order valence-electron chi connectivity index (χ2n) is 7.68. The van der Waals surface area contributed by atoms with Gasteiger partial charge in [-0.05, 0) is 43.7 Å². The molecule has 26 heavy (non-hydrogen) atoms. The lowest BCUT2D eigenvalue weighted by atomic mass is 9.83. The van der Waals surface area contributed by atoms with E-state index in [1.165, 1.54) is 32.1 Å². The van der Waals surface area contributed by atoms with Crippen LogP contribution in [0.5, 0.6) is 0 Å². The average Bonchev–Trinajstić information content (AvgIpc) is 2.72. The summed E-state index contributed by atoms with van der Waals surface area (Å²) in [4.78, 5) is 27.1. The van der Waals surface area contributed by atoms with Gasteiger partial charge in [-0.1, -0.05) is 37.5 Å². The van der Waals surface area contributed by atoms with E-state index in [9.17, 15) is 9.59 Å². The molecule has 1 aromatic rings. The molecule has 0 aromatic heterocycles. The van der Waals surface area contributed by atoms with E-state index < -0.39 is 0 Å². The highest BCUT2D eigenvalue weighted by atomic mass is 16.2. The van der Waals surface area contributed by atoms with Gasteiger partial charge in [0.15, 0.2) is 0 Å². The number of carbonyl (C=O) groups excluding carboxylic acids is 2. The van der Waals surface area contributed by atoms with Gasteiger partial charge in [0.25, 0.3) is 5.91 Å². The lowest BCUT2D eigenvalue weighted by Gasteiger charge is -2.34. The van der Waals surface area contributed by atoms with E-state index in [0.29, 0.717) is 25.6 Å². The van der Waals surface area contributed by atoms with Crippen molar-refractivity contribution in [1.82, 2.24) is 10.2 Å². The number of piperidine rings is 1. The monoisotopic (exact) mass is 357 g/mol. The molecule has 2 amide bonds. The van der Waals surface area contributed by atoms with Gasteiger partial charge in [-0.2, -0.15) is 0 Å². The number of nitrogens with two attached hydrogens (primary N) is 1. The third kappa shape index (κ3) is 4.64. The van der Waals surface area contributed by atoms with E-state index in [1.54, 1.807) is 0 Å². The summed E-state index contributed by atoms with van der Waals surface area (Å²) in [5, 5.41) is 3.21. The molecule has 1 heterocycles. The Kier molecular flexibility index (Phi) is 6.67. The number of carbonyl (C=O) groups is 2. The molecule has 2 fully saturated rings. The first-order chi connectivity index (χ1) is 12.7. The van der Waals surface area contributed by atoms with Crippen molar-refractivity contribution in [3.63, 3.8) is 0 Å². The molecular weight excluding hydrogens is 326 g/mol. The highest BCUT2D eigenvalue weighted by Gasteiger charge is 2.30. The Bertz CT molecular complexity index is 591. The molecule has 1 saturated carbocycles. The van der Waals surface area contributed by atoms with Crippen LogP contribution in [0.2, 0.25) is 0 Å². The van der Waals surface area contributed by atoms with Gasteiger partial charge >= 0.3 is 0 Å². The molecule has 1 saturated heterocycles. The SMILES string of the molecule is NCC(NC(=O)C1CCN(C(=O)c2ccccc2)CC1)C1CCCCC1. The van der Waals surface area contributed by atoms with Crippen LogP contribution in [0.25, 0.3) is 0 Å². The number of benzene rings is 1. The fraction of sp³-hybridized carbons (Fsp3) is 0.619. The van der Waals surface area contributed by atoms with Gasteiger partial charge in [0.2, 0.25) is 5.91 Å². The van der Waals surface area contributed by atoms with Gasteiger partial charge in [0, 0.05) is 37.2 Å². The summed E-state index contributed by atoms with van der Waals surface area (Å²) < 4.78 is 0. The Morgan fingerprint density at radius 1 is 1.04 bits per heavy atom. The number of hydrogen-bond donors (Lipinski definition) is 2. The van der Waals surface area contributed by atoms with Crippen LogP contribution >= 0.6 is 0 Å². The zero-order valence-corrected chi connectivity index (χ0v) is 15.5. The molecular formula is C21H31N3O2. The van der Waals surface area contributed by atoms with Gasteiger partial charge in [-0.15, -0.1) is 0 Å². The van der Waals surface area contributed by atoms with Crippen molar-refractivity contribution in [2.75, 3.05) is 19.6 Å². The molecule has 142 valence electrons. The summed E-state index contributed by atoms with van der Waals surface area (Å²) in [6, 6.07) is 9.46. The Balaban J connectivity index is 1.49. The molecule has 5 heteroatoms. The maximum absolute atomic E-state index is 12.7. The normalized spacial score (nSPS) is 20.6. The number of nitrogens with one attached hydrogen (secondary N) is 1. The number of rotatable bonds is 5. The van der Waals surface area contributed by atoms with Crippen molar-refractivity contribution in [1.29, 1.82) is 0 Å². The van der Waals surface area contributed by atoms with E-state index in [0.717, 1.165) is 18.4 Å². The summed E-state index contributed by atoms with van der Waals surface area (Å²) in [6.45, 7) is 1.80. The second kappa shape index (κ2) is 9.17. The first-order valence-corrected chi connectivity index (χ1v) is 10.0. The van der Waals surface area contributed by atoms with Crippen LogP contribution in [-0.4, -0.2) is 42.4 Å². The number of likely N-dealkylation sites (tertiary alicyclic amines) is 1. The lowest BCUT2D eigenvalue weighted by molar-refractivity contribution is -0.127. The molecule has 1 aliphatic heterocycles. The fourth-order valence-corrected chi connectivity index (χ4v) is 4.31. The van der Waals surface area contributed by atoms with Crippen LogP contribution in [0.4, 0.5) is 0 Å². The molecule has 3 rings (SSSR count). The summed E-state index contributed by atoms with van der Waals surface area (Å²) >= 11 is 0. The van der Waals surface area contributed by atoms with E-state index in [1.807, 2.05) is 35.2 Å². The van der Waals surface area contributed by atoms with Gasteiger partial charge in [0.1, 0.15) is 0 Å². The quantitative estimate of drug-likeness (QED) is 0.850. The number of hydrogen-bond acceptors (Lipinski definition) is 3. The van der Waals surface area contributed by atoms with E-state index in [4.69, 9.17) is 5.73 Å². The number of nitrogens with zero attached hydrogens (tertiary/aromatic N) is 1. The average molecular weight is 357 g/mol. The first kappa shape index (κ1) is 18.9. The zero-order chi connectivity index (χ0) is 18.4. The molecule has 1 aliphatic carbocycles. The van der Waals surface area contributed by atoms with Crippen LogP contribution < -0.4 is 11.1 Å². The van der Waals surface area contributed by atoms with Gasteiger partial charge in [0.05, 0.1) is 0 Å². The summed E-state index contributed by atoms with van der Waals surface area (Å²) in [7, 11) is 0. The van der Waals surface area contributed by atoms with Gasteiger partial charge in [-0.25, -0.2) is 0 Å². The minimum atomic E-state index is -0.00698. The molecule has 0 bridgehead atoms. The molecule has 2 aliphatic rings. The lowest BCUT2D eigenvalue weighted by Crippen LogP contribution is -2.50. The standard InChI is InChI=1S/C21H31N3O2/c22-15-19(16-7-3-1-4-8-16)23-20(25)17-11-13-24(14-12-17)21(26)18-9-5-2-6-10-18/h2,5-6,9-10,16-17,19H,1,3-4,7-8,11-15,22H2,(H,23,25). The van der Waals surface area contributed by atoms with E-state index in [-0.39, 0.29) is 23.8 Å². The van der Waals surface area contributed by atoms with E-state index >= 15 is 0 Å². The highest BCUT2D eigenvalue weighted by molar-refractivity contribution is 5.94. The zero-order valence-electron chi connectivity index (χ0n) is 15.5. The van der Waals surface area contributed by atoms with Crippen molar-refractivity contribution >= 4 is 11.8 Å². The second-order valence-corrected chi connectivity index (χ2v) is 7.68. The van der Waals surface area contributed by atoms with Crippen molar-refractivity contribution in [2.45, 2.75) is 51.0 Å². The molecule has 1 atom stereocenters. The molecule has 0 radical (unpaired) electrons. The molecule has 0 spiro atoms. The third-order valence-electron chi connectivity index (χ3n) is 5.97. The summed E-state index contributed by atoms with van der Waals surface area (Å²) in [5.74, 6) is 0.703. The smallest absolute Gasteiger partial charge is 0.253 e. The van der Waals surface area contributed by atoms with Crippen molar-refractivity contribution in [3.8, 4) is 0 Å². The Labute approximate surface area is 156 Å². The Hall–Kier alpha value is -1.88. The van der Waals surface area contributed by atoms with Crippen molar-refractivity contribution < 1.29 is 9.59 Å². The van der Waals surface area contributed by atoms with Gasteiger partial charge < -0.3 is 16.0 Å². The van der Waals surface area contributed by atoms with Crippen LogP contribution in [0.15, 0.2) is 30.3 Å². The Morgan fingerprint density at radius 3 is 2.31 bits per heavy atom. The maximum Gasteiger partial charge on any atom is 0.253 e. The molecule has 3 N–H and O–H groups in total. The molecule has 1 unspecified atom stereocenters. The first-order valence-electron chi connectivity index (χ1n) is 10.0. The Morgan fingerprint density at radius 2 is 1.69 bits per heavy atom. The third-order valence-corrected chi connectivity index (χ3v) is 5.97. The van der Waals surface area contributed by atoms with Crippen molar-refractivity contribution in [3.05, 3.63) is 35.9 Å². The van der Waals surface area contributed by atoms with Crippen LogP contribution in [0.3, 0.4) is 0 Å². The summed E-state index contributed by atoms with van der Waals surface area (Å²) in [6.07, 6.45) is 7.60. The number of amides is 2. The van der Waals surface area contributed by atoms with Gasteiger partial charge in [-0.3, -0.25) is 9.59 Å².